The van der Waals surface area contributed by atoms with Gasteiger partial charge in [0.1, 0.15) is 5.82 Å². The lowest BCUT2D eigenvalue weighted by atomic mass is 10.1. The Morgan fingerprint density at radius 1 is 1.17 bits per heavy atom. The first-order valence-electron chi connectivity index (χ1n) is 11.0. The second-order valence-electron chi connectivity index (χ2n) is 7.81. The summed E-state index contributed by atoms with van der Waals surface area (Å²) < 4.78 is 20.3. The molecule has 2 aromatic carbocycles. The highest BCUT2D eigenvalue weighted by Crippen LogP contribution is 2.29. The molecule has 0 spiro atoms. The van der Waals surface area contributed by atoms with E-state index in [0.717, 1.165) is 16.8 Å². The van der Waals surface area contributed by atoms with Gasteiger partial charge in [0.25, 0.3) is 0 Å². The van der Waals surface area contributed by atoms with Crippen molar-refractivity contribution in [3.8, 4) is 11.1 Å². The van der Waals surface area contributed by atoms with Crippen LogP contribution in [0.3, 0.4) is 0 Å². The monoisotopic (exact) mass is 497 g/mol. The van der Waals surface area contributed by atoms with Gasteiger partial charge in [-0.3, -0.25) is 4.36 Å². The molecule has 186 valence electrons. The predicted octanol–water partition coefficient (Wildman–Crippen LogP) is 4.41. The van der Waals surface area contributed by atoms with Gasteiger partial charge < -0.3 is 29.6 Å². The Morgan fingerprint density at radius 2 is 1.86 bits per heavy atom. The van der Waals surface area contributed by atoms with Crippen LogP contribution in [-0.2, 0) is 19.5 Å². The first-order chi connectivity index (χ1) is 16.8. The lowest BCUT2D eigenvalue weighted by molar-refractivity contribution is 0.164. The van der Waals surface area contributed by atoms with E-state index in [4.69, 9.17) is 0 Å². The minimum Gasteiger partial charge on any atom is -0.450 e. The molecule has 0 saturated carbocycles. The van der Waals surface area contributed by atoms with E-state index in [-0.39, 0.29) is 19.3 Å². The van der Waals surface area contributed by atoms with E-state index in [9.17, 15) is 14.1 Å². The maximum Gasteiger partial charge on any atom is 0.410 e. The number of hydrogen-bond acceptors (Lipinski definition) is 10. The summed E-state index contributed by atoms with van der Waals surface area (Å²) in [7, 11) is 2.10. The topological polar surface area (TPSA) is 129 Å². The number of carbonyl (C=O) groups excluding carboxylic acids is 1. The van der Waals surface area contributed by atoms with Crippen LogP contribution in [0.2, 0.25) is 0 Å². The molecule has 1 amide bonds. The van der Waals surface area contributed by atoms with Gasteiger partial charge in [-0.1, -0.05) is 29.2 Å². The number of carbonyl (C=O) groups is 1. The Kier molecular flexibility index (Phi) is 8.98. The molecule has 0 aliphatic carbocycles. The van der Waals surface area contributed by atoms with E-state index in [2.05, 4.69) is 29.7 Å². The number of ether oxygens (including phenoxy) is 1. The summed E-state index contributed by atoms with van der Waals surface area (Å²) in [6.45, 7) is 3.61. The third-order valence-electron chi connectivity index (χ3n) is 4.88. The summed E-state index contributed by atoms with van der Waals surface area (Å²) in [6, 6.07) is 14.4. The molecule has 0 radical (unpaired) electrons. The molecule has 3 aromatic rings. The maximum absolute atomic E-state index is 12.2. The van der Waals surface area contributed by atoms with E-state index >= 15 is 0 Å². The Hall–Kier alpha value is -3.70. The zero-order chi connectivity index (χ0) is 25.4. The molecule has 0 aliphatic heterocycles. The van der Waals surface area contributed by atoms with Gasteiger partial charge in [-0.15, -0.1) is 10.6 Å². The fourth-order valence-corrected chi connectivity index (χ4v) is 3.70. The van der Waals surface area contributed by atoms with Gasteiger partial charge in [0.05, 0.1) is 13.2 Å². The first kappa shape index (κ1) is 25.9. The number of hydrogen-bond donors (Lipinski definition) is 3. The van der Waals surface area contributed by atoms with Crippen LogP contribution in [0.1, 0.15) is 13.8 Å². The highest BCUT2D eigenvalue weighted by molar-refractivity contribution is 7.75. The van der Waals surface area contributed by atoms with E-state index in [1.54, 1.807) is 37.4 Å². The molecule has 3 rings (SSSR count). The summed E-state index contributed by atoms with van der Waals surface area (Å²) in [6.07, 6.45) is 0.851. The standard InChI is InChI=1S/C24H29N6O4S/c1-5-34-24(32)29-35(33)20-12-8-18(9-13-20)27-23-25-14-21(22(28-23)26-16(2)15-31)17-6-10-19(11-7-17)30(3)4/h6-14,16,31H,5,15H2,1-4H3,(H2,25,26,27,28)/q-1/t16-/m1/s1. The van der Waals surface area contributed by atoms with Crippen molar-refractivity contribution < 1.29 is 18.8 Å². The number of rotatable bonds is 9. The molecular weight excluding hydrogens is 468 g/mol. The predicted molar refractivity (Wildman–Crippen MR) is 137 cm³/mol. The number of benzene rings is 2. The second kappa shape index (κ2) is 12.1. The van der Waals surface area contributed by atoms with Crippen LogP contribution in [0.15, 0.2) is 64.0 Å². The molecule has 1 heterocycles. The van der Waals surface area contributed by atoms with Crippen LogP contribution in [-0.4, -0.2) is 54.5 Å². The molecule has 0 fully saturated rings. The minimum absolute atomic E-state index is 0.0543. The number of aromatic nitrogens is 2. The van der Waals surface area contributed by atoms with Crippen molar-refractivity contribution in [1.82, 2.24) is 9.97 Å². The number of nitrogens with one attached hydrogen (secondary N) is 2. The molecular formula is C24H29N6O4S-. The lowest BCUT2D eigenvalue weighted by Crippen LogP contribution is -2.21. The van der Waals surface area contributed by atoms with Gasteiger partial charge in [-0.05, 0) is 43.7 Å². The van der Waals surface area contributed by atoms with Crippen LogP contribution >= 0.6 is 0 Å². The summed E-state index contributed by atoms with van der Waals surface area (Å²) >= 11 is 0. The Labute approximate surface area is 206 Å². The molecule has 0 unspecified atom stereocenters. The van der Waals surface area contributed by atoms with Gasteiger partial charge in [0.2, 0.25) is 5.95 Å². The third-order valence-corrected chi connectivity index (χ3v) is 5.87. The summed E-state index contributed by atoms with van der Waals surface area (Å²) in [5, 5.41) is 15.9. The molecule has 1 atom stereocenters. The Morgan fingerprint density at radius 3 is 2.46 bits per heavy atom. The highest BCUT2D eigenvalue weighted by atomic mass is 32.2. The van der Waals surface area contributed by atoms with Gasteiger partial charge in [0.15, 0.2) is 0 Å². The SMILES string of the molecule is CCOC(=O)N=[S-](=O)c1ccc(Nc2ncc(-c3ccc(N(C)C)cc3)c(N[C@H](C)CO)n2)cc1. The largest absolute Gasteiger partial charge is 0.450 e. The van der Waals surface area contributed by atoms with E-state index in [1.165, 1.54) is 0 Å². The minimum atomic E-state index is -1.86. The molecule has 11 heteroatoms. The lowest BCUT2D eigenvalue weighted by Gasteiger charge is -2.17. The molecule has 10 nitrogen and oxygen atoms in total. The fraction of sp³-hybridized carbons (Fsp3) is 0.292. The number of nitrogens with zero attached hydrogens (tertiary/aromatic N) is 4. The maximum atomic E-state index is 12.2. The zero-order valence-corrected chi connectivity index (χ0v) is 20.9. The summed E-state index contributed by atoms with van der Waals surface area (Å²) in [4.78, 5) is 22.8. The van der Waals surface area contributed by atoms with E-state index in [0.29, 0.717) is 22.3 Å². The van der Waals surface area contributed by atoms with Gasteiger partial charge in [0, 0.05) is 43.3 Å². The van der Waals surface area contributed by atoms with Crippen molar-refractivity contribution in [3.63, 3.8) is 0 Å². The van der Waals surface area contributed by atoms with Crippen LogP contribution in [0.5, 0.6) is 0 Å². The number of anilines is 4. The molecule has 3 N–H and O–H groups in total. The number of aliphatic hydroxyl groups excluding tert-OH is 1. The quantitative estimate of drug-likeness (QED) is 0.368. The van der Waals surface area contributed by atoms with Crippen molar-refractivity contribution in [2.75, 3.05) is 42.8 Å². The average molecular weight is 498 g/mol. The molecule has 35 heavy (non-hydrogen) atoms. The van der Waals surface area contributed by atoms with Gasteiger partial charge >= 0.3 is 6.09 Å². The summed E-state index contributed by atoms with van der Waals surface area (Å²) in [5.74, 6) is 0.920. The Bertz CT molecular complexity index is 1230. The second-order valence-corrected chi connectivity index (χ2v) is 8.97. The van der Waals surface area contributed by atoms with Crippen molar-refractivity contribution in [1.29, 1.82) is 0 Å². The van der Waals surface area contributed by atoms with E-state index in [1.807, 2.05) is 50.2 Å². The average Bonchev–Trinajstić information content (AvgIpc) is 2.84. The van der Waals surface area contributed by atoms with Crippen molar-refractivity contribution in [3.05, 3.63) is 54.7 Å². The normalized spacial score (nSPS) is 12.6. The number of aliphatic hydroxyl groups is 1. The fourth-order valence-electron chi connectivity index (χ4n) is 3.04. The number of amides is 1. The van der Waals surface area contributed by atoms with Gasteiger partial charge in [-0.2, -0.15) is 4.98 Å². The zero-order valence-electron chi connectivity index (χ0n) is 20.1. The molecule has 0 bridgehead atoms. The van der Waals surface area contributed by atoms with Gasteiger partial charge in [-0.25, -0.2) is 9.78 Å². The molecule has 0 saturated heterocycles. The van der Waals surface area contributed by atoms with Crippen LogP contribution in [0.25, 0.3) is 11.1 Å². The first-order valence-corrected chi connectivity index (χ1v) is 12.1. The smallest absolute Gasteiger partial charge is 0.410 e. The molecule has 0 aliphatic rings. The van der Waals surface area contributed by atoms with Crippen molar-refractivity contribution in [2.45, 2.75) is 24.8 Å². The van der Waals surface area contributed by atoms with Crippen LogP contribution in [0, 0.1) is 0 Å². The third kappa shape index (κ3) is 7.14. The van der Waals surface area contributed by atoms with Crippen LogP contribution < -0.4 is 15.5 Å². The highest BCUT2D eigenvalue weighted by Gasteiger charge is 2.12. The summed E-state index contributed by atoms with van der Waals surface area (Å²) in [5.41, 5.74) is 3.47. The van der Waals surface area contributed by atoms with E-state index < -0.39 is 16.7 Å². The van der Waals surface area contributed by atoms with Crippen molar-refractivity contribution in [2.24, 2.45) is 4.36 Å². The van der Waals surface area contributed by atoms with Crippen molar-refractivity contribution >= 4 is 39.8 Å². The Balaban J connectivity index is 1.84. The molecule has 1 aromatic heterocycles. The van der Waals surface area contributed by atoms with Crippen LogP contribution in [0.4, 0.5) is 27.9 Å².